The second kappa shape index (κ2) is 6.05. The monoisotopic (exact) mass is 223 g/mol. The van der Waals surface area contributed by atoms with Gasteiger partial charge in [0.05, 0.1) is 0 Å². The summed E-state index contributed by atoms with van der Waals surface area (Å²) in [5, 5.41) is 3.81. The summed E-state index contributed by atoms with van der Waals surface area (Å²) < 4.78 is 0. The van der Waals surface area contributed by atoms with Gasteiger partial charge in [0, 0.05) is 6.04 Å². The highest BCUT2D eigenvalue weighted by Crippen LogP contribution is 2.30. The zero-order valence-corrected chi connectivity index (χ0v) is 11.2. The summed E-state index contributed by atoms with van der Waals surface area (Å²) in [5.41, 5.74) is 0. The summed E-state index contributed by atoms with van der Waals surface area (Å²) in [6.07, 6.45) is 11.7. The second-order valence-electron chi connectivity index (χ2n) is 6.37. The van der Waals surface area contributed by atoms with Crippen molar-refractivity contribution in [3.63, 3.8) is 0 Å². The molecule has 0 spiro atoms. The molecule has 1 unspecified atom stereocenters. The zero-order valence-electron chi connectivity index (χ0n) is 11.2. The maximum atomic E-state index is 3.81. The maximum Gasteiger partial charge on any atom is 0.00671 e. The molecule has 1 heteroatoms. The minimum absolute atomic E-state index is 0.766. The van der Waals surface area contributed by atoms with Crippen molar-refractivity contribution in [3.05, 3.63) is 0 Å². The lowest BCUT2D eigenvalue weighted by molar-refractivity contribution is 0.263. The predicted octanol–water partition coefficient (Wildman–Crippen LogP) is 3.98. The quantitative estimate of drug-likeness (QED) is 0.760. The van der Waals surface area contributed by atoms with Crippen molar-refractivity contribution >= 4 is 0 Å². The Hall–Kier alpha value is -0.0400. The molecule has 0 heterocycles. The number of nitrogens with one attached hydrogen (secondary N) is 1. The molecule has 0 radical (unpaired) electrons. The van der Waals surface area contributed by atoms with Gasteiger partial charge in [-0.2, -0.15) is 0 Å². The van der Waals surface area contributed by atoms with E-state index in [0.29, 0.717) is 0 Å². The number of hydrogen-bond donors (Lipinski definition) is 1. The van der Waals surface area contributed by atoms with Crippen LogP contribution in [0.1, 0.15) is 65.2 Å². The molecule has 0 aromatic heterocycles. The minimum atomic E-state index is 0.766. The summed E-state index contributed by atoms with van der Waals surface area (Å²) in [4.78, 5) is 0. The largest absolute Gasteiger partial charge is 0.314 e. The molecule has 0 bridgehead atoms. The third kappa shape index (κ3) is 3.48. The average molecular weight is 223 g/mol. The molecular weight excluding hydrogens is 194 g/mol. The van der Waals surface area contributed by atoms with Crippen LogP contribution in [0.15, 0.2) is 0 Å². The van der Waals surface area contributed by atoms with E-state index in [2.05, 4.69) is 19.2 Å². The Morgan fingerprint density at radius 2 is 1.62 bits per heavy atom. The van der Waals surface area contributed by atoms with E-state index in [1.165, 1.54) is 57.9 Å². The van der Waals surface area contributed by atoms with Crippen LogP contribution in [0.4, 0.5) is 0 Å². The Labute approximate surface area is 101 Å². The van der Waals surface area contributed by atoms with Crippen LogP contribution in [0.25, 0.3) is 0 Å². The van der Waals surface area contributed by atoms with Crippen LogP contribution in [0, 0.1) is 17.8 Å². The van der Waals surface area contributed by atoms with Gasteiger partial charge in [0.25, 0.3) is 0 Å². The van der Waals surface area contributed by atoms with Crippen molar-refractivity contribution in [1.82, 2.24) is 5.32 Å². The predicted molar refractivity (Wildman–Crippen MR) is 70.5 cm³/mol. The molecule has 2 fully saturated rings. The van der Waals surface area contributed by atoms with E-state index < -0.39 is 0 Å². The fourth-order valence-electron chi connectivity index (χ4n) is 3.51. The number of hydrogen-bond acceptors (Lipinski definition) is 1. The average Bonchev–Trinajstić information content (AvgIpc) is 2.81. The van der Waals surface area contributed by atoms with E-state index >= 15 is 0 Å². The molecule has 0 saturated heterocycles. The SMILES string of the molecule is CC1CCC(CNC(C)C2CCCC2)CC1. The molecule has 94 valence electrons. The third-order valence-corrected chi connectivity index (χ3v) is 4.97. The van der Waals surface area contributed by atoms with Gasteiger partial charge in [-0.15, -0.1) is 0 Å². The first-order valence-electron chi connectivity index (χ1n) is 7.49. The van der Waals surface area contributed by atoms with Crippen molar-refractivity contribution in [2.75, 3.05) is 6.54 Å². The molecule has 1 nitrogen and oxygen atoms in total. The molecule has 1 N–H and O–H groups in total. The van der Waals surface area contributed by atoms with Gasteiger partial charge in [-0.3, -0.25) is 0 Å². The second-order valence-corrected chi connectivity index (χ2v) is 6.37. The van der Waals surface area contributed by atoms with Gasteiger partial charge in [-0.05, 0) is 56.9 Å². The van der Waals surface area contributed by atoms with Gasteiger partial charge < -0.3 is 5.32 Å². The smallest absolute Gasteiger partial charge is 0.00671 e. The minimum Gasteiger partial charge on any atom is -0.314 e. The Balaban J connectivity index is 1.62. The molecule has 16 heavy (non-hydrogen) atoms. The van der Waals surface area contributed by atoms with Crippen molar-refractivity contribution in [1.29, 1.82) is 0 Å². The van der Waals surface area contributed by atoms with Crippen molar-refractivity contribution in [2.24, 2.45) is 17.8 Å². The van der Waals surface area contributed by atoms with Crippen LogP contribution >= 0.6 is 0 Å². The van der Waals surface area contributed by atoms with Crippen molar-refractivity contribution in [3.8, 4) is 0 Å². The van der Waals surface area contributed by atoms with Gasteiger partial charge in [0.1, 0.15) is 0 Å². The standard InChI is InChI=1S/C15H29N/c1-12-7-9-14(10-8-12)11-16-13(2)15-5-3-4-6-15/h12-16H,3-11H2,1-2H3. The summed E-state index contributed by atoms with van der Waals surface area (Å²) in [6, 6.07) is 0.766. The first kappa shape index (κ1) is 12.4. The number of rotatable bonds is 4. The molecule has 0 aliphatic heterocycles. The molecule has 0 aromatic rings. The maximum absolute atomic E-state index is 3.81. The van der Waals surface area contributed by atoms with Crippen LogP contribution in [-0.2, 0) is 0 Å². The highest BCUT2D eigenvalue weighted by atomic mass is 14.9. The van der Waals surface area contributed by atoms with Crippen LogP contribution in [0.3, 0.4) is 0 Å². The van der Waals surface area contributed by atoms with Gasteiger partial charge in [0.2, 0.25) is 0 Å². The first-order chi connectivity index (χ1) is 7.75. The Bertz CT molecular complexity index is 188. The van der Waals surface area contributed by atoms with E-state index in [1.54, 1.807) is 0 Å². The fraction of sp³-hybridized carbons (Fsp3) is 1.00. The fourth-order valence-corrected chi connectivity index (χ4v) is 3.51. The Kier molecular flexibility index (Phi) is 4.69. The summed E-state index contributed by atoms with van der Waals surface area (Å²) >= 11 is 0. The normalized spacial score (nSPS) is 34.1. The highest BCUT2D eigenvalue weighted by Gasteiger charge is 2.23. The van der Waals surface area contributed by atoms with E-state index in [1.807, 2.05) is 0 Å². The zero-order chi connectivity index (χ0) is 11.4. The van der Waals surface area contributed by atoms with Crippen LogP contribution < -0.4 is 5.32 Å². The van der Waals surface area contributed by atoms with Crippen LogP contribution in [0.2, 0.25) is 0 Å². The lowest BCUT2D eigenvalue weighted by Gasteiger charge is -2.29. The van der Waals surface area contributed by atoms with Crippen LogP contribution in [0.5, 0.6) is 0 Å². The first-order valence-corrected chi connectivity index (χ1v) is 7.49. The molecule has 1 atom stereocenters. The van der Waals surface area contributed by atoms with Crippen molar-refractivity contribution < 1.29 is 0 Å². The molecule has 2 aliphatic rings. The van der Waals surface area contributed by atoms with Gasteiger partial charge in [-0.1, -0.05) is 32.6 Å². The molecular formula is C15H29N. The van der Waals surface area contributed by atoms with Gasteiger partial charge in [0.15, 0.2) is 0 Å². The van der Waals surface area contributed by atoms with E-state index in [4.69, 9.17) is 0 Å². The van der Waals surface area contributed by atoms with E-state index in [-0.39, 0.29) is 0 Å². The van der Waals surface area contributed by atoms with Gasteiger partial charge >= 0.3 is 0 Å². The molecule has 2 saturated carbocycles. The summed E-state index contributed by atoms with van der Waals surface area (Å²) in [7, 11) is 0. The molecule has 2 rings (SSSR count). The van der Waals surface area contributed by atoms with Gasteiger partial charge in [-0.25, -0.2) is 0 Å². The Morgan fingerprint density at radius 3 is 2.25 bits per heavy atom. The lowest BCUT2D eigenvalue weighted by Crippen LogP contribution is -2.36. The lowest BCUT2D eigenvalue weighted by atomic mass is 9.83. The van der Waals surface area contributed by atoms with Crippen LogP contribution in [-0.4, -0.2) is 12.6 Å². The molecule has 0 amide bonds. The van der Waals surface area contributed by atoms with E-state index in [0.717, 1.165) is 23.8 Å². The highest BCUT2D eigenvalue weighted by molar-refractivity contribution is 4.79. The molecule has 2 aliphatic carbocycles. The Morgan fingerprint density at radius 1 is 1.00 bits per heavy atom. The van der Waals surface area contributed by atoms with E-state index in [9.17, 15) is 0 Å². The topological polar surface area (TPSA) is 12.0 Å². The van der Waals surface area contributed by atoms with Crippen molar-refractivity contribution in [2.45, 2.75) is 71.3 Å². The molecule has 0 aromatic carbocycles. The summed E-state index contributed by atoms with van der Waals surface area (Å²) in [6.45, 7) is 6.09. The summed E-state index contributed by atoms with van der Waals surface area (Å²) in [5.74, 6) is 2.94. The third-order valence-electron chi connectivity index (χ3n) is 4.97.